The molecule has 1 aliphatic heterocycles. The quantitative estimate of drug-likeness (QED) is 0.722. The number of amides is 1. The van der Waals surface area contributed by atoms with E-state index in [2.05, 4.69) is 15.1 Å². The van der Waals surface area contributed by atoms with Gasteiger partial charge in [-0.05, 0) is 29.8 Å². The monoisotopic (exact) mass is 348 g/mol. The van der Waals surface area contributed by atoms with Crippen LogP contribution >= 0.6 is 0 Å². The van der Waals surface area contributed by atoms with Gasteiger partial charge < -0.3 is 0 Å². The van der Waals surface area contributed by atoms with Crippen molar-refractivity contribution in [1.29, 1.82) is 0 Å². The van der Waals surface area contributed by atoms with Gasteiger partial charge in [0, 0.05) is 12.8 Å². The lowest BCUT2D eigenvalue weighted by Gasteiger charge is -2.20. The fraction of sp³-hybridized carbons (Fsp3) is 0.200. The molecule has 3 aromatic rings. The first-order chi connectivity index (χ1) is 12.7. The first-order valence-electron chi connectivity index (χ1n) is 8.53. The summed E-state index contributed by atoms with van der Waals surface area (Å²) in [6.45, 7) is 1.80. The molecule has 0 bridgehead atoms. The molecule has 0 fully saturated rings. The van der Waals surface area contributed by atoms with Crippen molar-refractivity contribution in [3.8, 4) is 0 Å². The van der Waals surface area contributed by atoms with E-state index in [9.17, 15) is 9.18 Å². The molecule has 26 heavy (non-hydrogen) atoms. The molecule has 0 saturated heterocycles. The van der Waals surface area contributed by atoms with Crippen LogP contribution in [-0.4, -0.2) is 26.6 Å². The fourth-order valence-electron chi connectivity index (χ4n) is 3.08. The number of fused-ring (bicyclic) bond motifs is 1. The highest BCUT2D eigenvalue weighted by Crippen LogP contribution is 2.32. The maximum atomic E-state index is 13.2. The Morgan fingerprint density at radius 3 is 2.62 bits per heavy atom. The largest absolute Gasteiger partial charge is 0.273 e. The first-order valence-corrected chi connectivity index (χ1v) is 8.53. The predicted molar refractivity (Wildman–Crippen MR) is 97.0 cm³/mol. The Labute approximate surface area is 150 Å². The average molecular weight is 348 g/mol. The summed E-state index contributed by atoms with van der Waals surface area (Å²) in [4.78, 5) is 21.5. The van der Waals surface area contributed by atoms with Crippen LogP contribution in [0.2, 0.25) is 0 Å². The smallest absolute Gasteiger partial charge is 0.243 e. The lowest BCUT2D eigenvalue weighted by Crippen LogP contribution is -2.26. The zero-order valence-corrected chi connectivity index (χ0v) is 14.3. The highest BCUT2D eigenvalue weighted by Gasteiger charge is 2.33. The van der Waals surface area contributed by atoms with Gasteiger partial charge in [-0.15, -0.1) is 0 Å². The number of carbonyl (C=O) groups excluding carboxylic acids is 1. The number of hydrogen-bond donors (Lipinski definition) is 0. The van der Waals surface area contributed by atoms with Crippen molar-refractivity contribution in [3.63, 3.8) is 0 Å². The molecular formula is C20H17FN4O. The zero-order chi connectivity index (χ0) is 18.1. The van der Waals surface area contributed by atoms with E-state index in [0.717, 1.165) is 22.3 Å². The molecule has 2 heterocycles. The van der Waals surface area contributed by atoms with E-state index < -0.39 is 0 Å². The Hall–Kier alpha value is -3.15. The van der Waals surface area contributed by atoms with Gasteiger partial charge >= 0.3 is 0 Å². The van der Waals surface area contributed by atoms with Crippen LogP contribution in [0.3, 0.4) is 0 Å². The highest BCUT2D eigenvalue weighted by molar-refractivity contribution is 6.03. The first kappa shape index (κ1) is 16.3. The number of benzene rings is 2. The van der Waals surface area contributed by atoms with Crippen LogP contribution in [0.1, 0.15) is 37.1 Å². The van der Waals surface area contributed by atoms with Gasteiger partial charge in [0.25, 0.3) is 0 Å². The third kappa shape index (κ3) is 2.94. The number of hydrazone groups is 1. The van der Waals surface area contributed by atoms with E-state index in [0.29, 0.717) is 18.5 Å². The van der Waals surface area contributed by atoms with E-state index in [1.54, 1.807) is 25.3 Å². The Morgan fingerprint density at radius 2 is 1.88 bits per heavy atom. The second kappa shape index (κ2) is 6.63. The van der Waals surface area contributed by atoms with Crippen LogP contribution in [0.5, 0.6) is 0 Å². The number of rotatable bonds is 3. The highest BCUT2D eigenvalue weighted by atomic mass is 19.1. The molecule has 5 nitrogen and oxygen atoms in total. The Kier molecular flexibility index (Phi) is 4.16. The third-order valence-electron chi connectivity index (χ3n) is 4.45. The lowest BCUT2D eigenvalue weighted by molar-refractivity contribution is -0.132. The second-order valence-corrected chi connectivity index (χ2v) is 6.15. The van der Waals surface area contributed by atoms with Crippen molar-refractivity contribution in [2.75, 3.05) is 0 Å². The van der Waals surface area contributed by atoms with Crippen LogP contribution in [0.15, 0.2) is 59.8 Å². The molecule has 0 unspecified atom stereocenters. The van der Waals surface area contributed by atoms with Crippen molar-refractivity contribution in [2.24, 2.45) is 5.10 Å². The summed E-state index contributed by atoms with van der Waals surface area (Å²) in [7, 11) is 0. The average Bonchev–Trinajstić information content (AvgIpc) is 3.13. The summed E-state index contributed by atoms with van der Waals surface area (Å²) in [6.07, 6.45) is 2.56. The molecule has 130 valence electrons. The van der Waals surface area contributed by atoms with Gasteiger partial charge in [-0.25, -0.2) is 14.4 Å². The van der Waals surface area contributed by atoms with Crippen molar-refractivity contribution in [2.45, 2.75) is 25.8 Å². The van der Waals surface area contributed by atoms with Gasteiger partial charge in [-0.2, -0.15) is 5.10 Å². The lowest BCUT2D eigenvalue weighted by atomic mass is 10.0. The minimum Gasteiger partial charge on any atom is -0.273 e. The summed E-state index contributed by atoms with van der Waals surface area (Å²) in [5.41, 5.74) is 3.83. The third-order valence-corrected chi connectivity index (χ3v) is 4.45. The maximum absolute atomic E-state index is 13.2. The second-order valence-electron chi connectivity index (χ2n) is 6.15. The zero-order valence-electron chi connectivity index (χ0n) is 14.3. The van der Waals surface area contributed by atoms with E-state index >= 15 is 0 Å². The number of nitrogens with zero attached hydrogens (tertiary/aromatic N) is 4. The van der Waals surface area contributed by atoms with Crippen LogP contribution < -0.4 is 0 Å². The van der Waals surface area contributed by atoms with Gasteiger partial charge in [0.2, 0.25) is 5.91 Å². The topological polar surface area (TPSA) is 58.5 Å². The molecule has 4 rings (SSSR count). The van der Waals surface area contributed by atoms with Crippen LogP contribution in [0.4, 0.5) is 4.39 Å². The minimum atomic E-state index is -0.306. The molecule has 2 aromatic carbocycles. The van der Waals surface area contributed by atoms with Crippen molar-refractivity contribution in [1.82, 2.24) is 15.0 Å². The number of halogens is 1. The van der Waals surface area contributed by atoms with Gasteiger partial charge in [0.05, 0.1) is 28.6 Å². The SMILES string of the molecule is CCC(=O)N1N=C(c2ccc(F)cc2)C[C@@H]1c1cnc2ccccc2n1. The van der Waals surface area contributed by atoms with Crippen molar-refractivity contribution < 1.29 is 9.18 Å². The fourth-order valence-corrected chi connectivity index (χ4v) is 3.08. The summed E-state index contributed by atoms with van der Waals surface area (Å²) in [5.74, 6) is -0.382. The molecule has 0 saturated carbocycles. The molecule has 0 radical (unpaired) electrons. The molecular weight excluding hydrogens is 331 g/mol. The van der Waals surface area contributed by atoms with Gasteiger partial charge in [0.1, 0.15) is 11.9 Å². The molecule has 1 aromatic heterocycles. The summed E-state index contributed by atoms with van der Waals surface area (Å²) in [6, 6.07) is 13.5. The number of aromatic nitrogens is 2. The standard InChI is InChI=1S/C20H17FN4O/c1-2-20(26)25-19(11-17(24-25)13-7-9-14(21)10-8-13)18-12-22-15-5-3-4-6-16(15)23-18/h3-10,12,19H,2,11H2,1H3/t19-/m1/s1. The predicted octanol–water partition coefficient (Wildman–Crippen LogP) is 3.86. The van der Waals surface area contributed by atoms with Crippen LogP contribution in [0.25, 0.3) is 11.0 Å². The Bertz CT molecular complexity index is 1000. The van der Waals surface area contributed by atoms with Crippen molar-refractivity contribution >= 4 is 22.7 Å². The van der Waals surface area contributed by atoms with Gasteiger partial charge in [-0.3, -0.25) is 9.78 Å². The number of para-hydroxylation sites is 2. The van der Waals surface area contributed by atoms with Crippen molar-refractivity contribution in [3.05, 3.63) is 71.8 Å². The van der Waals surface area contributed by atoms with E-state index in [4.69, 9.17) is 0 Å². The van der Waals surface area contributed by atoms with Crippen LogP contribution in [-0.2, 0) is 4.79 Å². The minimum absolute atomic E-state index is 0.0814. The number of hydrogen-bond acceptors (Lipinski definition) is 4. The van der Waals surface area contributed by atoms with E-state index in [1.165, 1.54) is 17.1 Å². The molecule has 1 aliphatic rings. The normalized spacial score (nSPS) is 16.8. The summed E-state index contributed by atoms with van der Waals surface area (Å²) >= 11 is 0. The van der Waals surface area contributed by atoms with E-state index in [1.807, 2.05) is 24.3 Å². The molecule has 0 spiro atoms. The van der Waals surface area contributed by atoms with Gasteiger partial charge in [-0.1, -0.05) is 31.2 Å². The van der Waals surface area contributed by atoms with E-state index in [-0.39, 0.29) is 17.8 Å². The Balaban J connectivity index is 1.72. The molecule has 6 heteroatoms. The molecule has 1 atom stereocenters. The Morgan fingerprint density at radius 1 is 1.15 bits per heavy atom. The summed E-state index contributed by atoms with van der Waals surface area (Å²) in [5, 5.41) is 5.99. The maximum Gasteiger partial charge on any atom is 0.243 e. The number of carbonyl (C=O) groups is 1. The molecule has 1 amide bonds. The summed E-state index contributed by atoms with van der Waals surface area (Å²) < 4.78 is 13.2. The van der Waals surface area contributed by atoms with Crippen LogP contribution in [0, 0.1) is 5.82 Å². The van der Waals surface area contributed by atoms with Gasteiger partial charge in [0.15, 0.2) is 0 Å². The molecule has 0 aliphatic carbocycles. The molecule has 0 N–H and O–H groups in total.